The van der Waals surface area contributed by atoms with Gasteiger partial charge in [0.15, 0.2) is 6.10 Å². The van der Waals surface area contributed by atoms with Gasteiger partial charge in [-0.3, -0.25) is 9.59 Å². The van der Waals surface area contributed by atoms with Crippen LogP contribution in [-0.2, 0) is 14.3 Å². The van der Waals surface area contributed by atoms with E-state index >= 15 is 0 Å². The van der Waals surface area contributed by atoms with E-state index in [9.17, 15) is 9.59 Å². The average molecular weight is 361 g/mol. The molecule has 0 spiro atoms. The summed E-state index contributed by atoms with van der Waals surface area (Å²) in [5.74, 6) is -0.687. The van der Waals surface area contributed by atoms with Gasteiger partial charge in [-0.2, -0.15) is 0 Å². The zero-order valence-electron chi connectivity index (χ0n) is 15.5. The van der Waals surface area contributed by atoms with Crippen molar-refractivity contribution in [2.45, 2.75) is 32.3 Å². The van der Waals surface area contributed by atoms with Crippen LogP contribution in [0.5, 0.6) is 0 Å². The Bertz CT molecular complexity index is 937. The maximum atomic E-state index is 12.4. The summed E-state index contributed by atoms with van der Waals surface area (Å²) < 4.78 is 5.31. The molecule has 0 aromatic heterocycles. The van der Waals surface area contributed by atoms with Crippen LogP contribution in [0.25, 0.3) is 10.8 Å². The van der Waals surface area contributed by atoms with Gasteiger partial charge in [-0.05, 0) is 41.3 Å². The van der Waals surface area contributed by atoms with E-state index in [4.69, 9.17) is 4.74 Å². The summed E-state index contributed by atoms with van der Waals surface area (Å²) in [5, 5.41) is 4.95. The standard InChI is InChI=1S/C23H23NO3/c1-16(18-8-4-3-5-9-18)14-22(25)27-17(2)23(26)24-21-13-12-19-10-6-7-11-20(19)15-21/h3-13,15-17H,14H2,1-2H3,(H,24,26)/t16-,17-/m1/s1. The van der Waals surface area contributed by atoms with Crippen molar-refractivity contribution >= 4 is 28.3 Å². The molecule has 4 nitrogen and oxygen atoms in total. The van der Waals surface area contributed by atoms with E-state index in [1.807, 2.05) is 79.7 Å². The Morgan fingerprint density at radius 2 is 1.56 bits per heavy atom. The lowest BCUT2D eigenvalue weighted by Gasteiger charge is -2.16. The molecule has 3 rings (SSSR count). The van der Waals surface area contributed by atoms with Crippen LogP contribution in [0.1, 0.15) is 31.7 Å². The highest BCUT2D eigenvalue weighted by atomic mass is 16.5. The van der Waals surface area contributed by atoms with Crippen LogP contribution in [0.15, 0.2) is 72.8 Å². The number of benzene rings is 3. The van der Waals surface area contributed by atoms with Crippen molar-refractivity contribution in [3.63, 3.8) is 0 Å². The highest BCUT2D eigenvalue weighted by Crippen LogP contribution is 2.21. The first-order valence-corrected chi connectivity index (χ1v) is 9.07. The highest BCUT2D eigenvalue weighted by Gasteiger charge is 2.20. The van der Waals surface area contributed by atoms with E-state index in [1.165, 1.54) is 0 Å². The van der Waals surface area contributed by atoms with Crippen molar-refractivity contribution in [3.05, 3.63) is 78.4 Å². The second-order valence-electron chi connectivity index (χ2n) is 6.70. The van der Waals surface area contributed by atoms with Crippen molar-refractivity contribution in [2.24, 2.45) is 0 Å². The Kier molecular flexibility index (Phi) is 5.87. The third kappa shape index (κ3) is 4.94. The Labute approximate surface area is 159 Å². The number of esters is 1. The van der Waals surface area contributed by atoms with E-state index in [0.717, 1.165) is 16.3 Å². The van der Waals surface area contributed by atoms with Gasteiger partial charge in [-0.1, -0.05) is 67.6 Å². The summed E-state index contributed by atoms with van der Waals surface area (Å²) in [6.07, 6.45) is -0.621. The molecule has 4 heteroatoms. The van der Waals surface area contributed by atoms with Crippen molar-refractivity contribution in [1.29, 1.82) is 0 Å². The molecule has 0 saturated carbocycles. The van der Waals surface area contributed by atoms with Gasteiger partial charge in [0.05, 0.1) is 6.42 Å². The number of fused-ring (bicyclic) bond motifs is 1. The molecule has 0 unspecified atom stereocenters. The number of hydrogen-bond acceptors (Lipinski definition) is 3. The predicted octanol–water partition coefficient (Wildman–Crippen LogP) is 4.90. The first-order chi connectivity index (χ1) is 13.0. The molecule has 0 fully saturated rings. The third-order valence-corrected chi connectivity index (χ3v) is 4.54. The van der Waals surface area contributed by atoms with Crippen LogP contribution in [0.4, 0.5) is 5.69 Å². The van der Waals surface area contributed by atoms with Crippen molar-refractivity contribution in [3.8, 4) is 0 Å². The number of carbonyl (C=O) groups is 2. The monoisotopic (exact) mass is 361 g/mol. The number of rotatable bonds is 6. The molecule has 0 radical (unpaired) electrons. The molecular formula is C23H23NO3. The Morgan fingerprint density at radius 3 is 2.30 bits per heavy atom. The molecule has 0 saturated heterocycles. The Morgan fingerprint density at radius 1 is 0.889 bits per heavy atom. The average Bonchev–Trinajstić information content (AvgIpc) is 2.68. The molecule has 0 bridgehead atoms. The molecule has 27 heavy (non-hydrogen) atoms. The number of nitrogens with one attached hydrogen (secondary N) is 1. The topological polar surface area (TPSA) is 55.4 Å². The molecule has 0 aliphatic rings. The van der Waals surface area contributed by atoms with Crippen LogP contribution in [0.2, 0.25) is 0 Å². The number of carbonyl (C=O) groups excluding carboxylic acids is 2. The van der Waals surface area contributed by atoms with Gasteiger partial charge in [-0.25, -0.2) is 0 Å². The smallest absolute Gasteiger partial charge is 0.307 e. The molecule has 0 heterocycles. The van der Waals surface area contributed by atoms with Crippen LogP contribution < -0.4 is 5.32 Å². The second-order valence-corrected chi connectivity index (χ2v) is 6.70. The maximum absolute atomic E-state index is 12.4. The Balaban J connectivity index is 1.55. The minimum atomic E-state index is -0.855. The fourth-order valence-corrected chi connectivity index (χ4v) is 2.96. The first-order valence-electron chi connectivity index (χ1n) is 9.07. The normalized spacial score (nSPS) is 13.0. The predicted molar refractivity (Wildman–Crippen MR) is 108 cm³/mol. The molecular weight excluding hydrogens is 338 g/mol. The van der Waals surface area contributed by atoms with Crippen molar-refractivity contribution in [1.82, 2.24) is 0 Å². The summed E-state index contributed by atoms with van der Waals surface area (Å²) in [6, 6.07) is 23.4. The van der Waals surface area contributed by atoms with E-state index in [-0.39, 0.29) is 24.2 Å². The van der Waals surface area contributed by atoms with E-state index in [2.05, 4.69) is 5.32 Å². The molecule has 3 aromatic carbocycles. The lowest BCUT2D eigenvalue weighted by atomic mass is 9.98. The first kappa shape index (κ1) is 18.6. The fraction of sp³-hybridized carbons (Fsp3) is 0.217. The molecule has 1 N–H and O–H groups in total. The van der Waals surface area contributed by atoms with Crippen LogP contribution in [-0.4, -0.2) is 18.0 Å². The summed E-state index contributed by atoms with van der Waals surface area (Å²) in [7, 11) is 0. The Hall–Kier alpha value is -3.14. The van der Waals surface area contributed by atoms with E-state index in [1.54, 1.807) is 6.92 Å². The summed E-state index contributed by atoms with van der Waals surface area (Å²) in [5.41, 5.74) is 1.75. The maximum Gasteiger partial charge on any atom is 0.307 e. The number of ether oxygens (including phenoxy) is 1. The summed E-state index contributed by atoms with van der Waals surface area (Å²) in [4.78, 5) is 24.5. The minimum Gasteiger partial charge on any atom is -0.453 e. The van der Waals surface area contributed by atoms with Crippen LogP contribution in [0.3, 0.4) is 0 Å². The van der Waals surface area contributed by atoms with E-state index < -0.39 is 6.10 Å². The zero-order valence-corrected chi connectivity index (χ0v) is 15.5. The van der Waals surface area contributed by atoms with Crippen LogP contribution in [0, 0.1) is 0 Å². The zero-order chi connectivity index (χ0) is 19.2. The largest absolute Gasteiger partial charge is 0.453 e. The summed E-state index contributed by atoms with van der Waals surface area (Å²) in [6.45, 7) is 3.55. The number of anilines is 1. The minimum absolute atomic E-state index is 0.0365. The third-order valence-electron chi connectivity index (χ3n) is 4.54. The lowest BCUT2D eigenvalue weighted by molar-refractivity contribution is -0.153. The second kappa shape index (κ2) is 8.49. The summed E-state index contributed by atoms with van der Waals surface area (Å²) >= 11 is 0. The van der Waals surface area contributed by atoms with Gasteiger partial charge in [0.2, 0.25) is 0 Å². The van der Waals surface area contributed by atoms with Crippen LogP contribution >= 0.6 is 0 Å². The van der Waals surface area contributed by atoms with Crippen molar-refractivity contribution < 1.29 is 14.3 Å². The van der Waals surface area contributed by atoms with E-state index in [0.29, 0.717) is 5.69 Å². The molecule has 1 amide bonds. The molecule has 0 aliphatic heterocycles. The van der Waals surface area contributed by atoms with Gasteiger partial charge in [0.1, 0.15) is 0 Å². The number of amides is 1. The number of hydrogen-bond donors (Lipinski definition) is 1. The lowest BCUT2D eigenvalue weighted by Crippen LogP contribution is -2.30. The van der Waals surface area contributed by atoms with Gasteiger partial charge in [0.25, 0.3) is 5.91 Å². The van der Waals surface area contributed by atoms with Gasteiger partial charge in [-0.15, -0.1) is 0 Å². The molecule has 3 aromatic rings. The molecule has 0 aliphatic carbocycles. The molecule has 2 atom stereocenters. The SMILES string of the molecule is C[C@H](CC(=O)O[C@H](C)C(=O)Nc1ccc2ccccc2c1)c1ccccc1. The highest BCUT2D eigenvalue weighted by molar-refractivity contribution is 5.97. The van der Waals surface area contributed by atoms with Gasteiger partial charge in [0, 0.05) is 5.69 Å². The van der Waals surface area contributed by atoms with Crippen molar-refractivity contribution in [2.75, 3.05) is 5.32 Å². The van der Waals surface area contributed by atoms with Gasteiger partial charge >= 0.3 is 5.97 Å². The quantitative estimate of drug-likeness (QED) is 0.635. The molecule has 138 valence electrons. The van der Waals surface area contributed by atoms with Gasteiger partial charge < -0.3 is 10.1 Å². The fourth-order valence-electron chi connectivity index (χ4n) is 2.96.